The summed E-state index contributed by atoms with van der Waals surface area (Å²) in [4.78, 5) is 13.9. The van der Waals surface area contributed by atoms with Gasteiger partial charge in [0.25, 0.3) is 0 Å². The molecule has 2 aromatic carbocycles. The molecule has 39 heavy (non-hydrogen) atoms. The minimum Gasteiger partial charge on any atom is -0.507 e. The number of aromatic hydroxyl groups is 1. The fourth-order valence-electron chi connectivity index (χ4n) is 6.22. The Balaban J connectivity index is 1.69. The smallest absolute Gasteiger partial charge is 0.201 e. The number of fused-ring (bicyclic) bond motifs is 3. The zero-order valence-electron chi connectivity index (χ0n) is 22.4. The normalized spacial score (nSPS) is 29.9. The van der Waals surface area contributed by atoms with Gasteiger partial charge in [0.15, 0.2) is 6.29 Å². The number of nitrogens with two attached hydrogens (primary N) is 1. The van der Waals surface area contributed by atoms with Crippen LogP contribution in [0, 0.1) is 6.92 Å². The molecular weight excluding hydrogens is 502 g/mol. The van der Waals surface area contributed by atoms with Crippen molar-refractivity contribution in [1.29, 1.82) is 0 Å². The number of methoxy groups -OCH3 is 1. The highest BCUT2D eigenvalue weighted by atomic mass is 16.7. The van der Waals surface area contributed by atoms with E-state index < -0.39 is 48.6 Å². The second-order valence-electron chi connectivity index (χ2n) is 10.8. The standard InChI is InChI=1S/C30H35NO8/c1-13(12-32)30(36)10-18-15(3)23-14(2)17-7-6-8-20(37-5)24(17)28(34)26(23)29(35)25(18)21(11-30)39-22-9-19(31)27(33)16(4)38-22/h6-8,16,19,21-22,27,32-33,35-36H,1-2,9-12,31H2,3-5H3/t16-,19-,21-,22?,27+,30-/m0/s1. The molecule has 1 fully saturated rings. The first-order valence-electron chi connectivity index (χ1n) is 13.0. The average Bonchev–Trinajstić information content (AvgIpc) is 2.90. The molecule has 2 aliphatic carbocycles. The number of carbonyl (C=O) groups is 1. The van der Waals surface area contributed by atoms with E-state index in [1.165, 1.54) is 7.11 Å². The van der Waals surface area contributed by atoms with Crippen molar-refractivity contribution in [1.82, 2.24) is 0 Å². The Morgan fingerprint density at radius 3 is 2.64 bits per heavy atom. The van der Waals surface area contributed by atoms with E-state index in [1.807, 2.05) is 6.92 Å². The van der Waals surface area contributed by atoms with Crippen molar-refractivity contribution < 1.29 is 39.4 Å². The highest BCUT2D eigenvalue weighted by molar-refractivity contribution is 6.22. The van der Waals surface area contributed by atoms with Crippen LogP contribution >= 0.6 is 0 Å². The van der Waals surface area contributed by atoms with Crippen LogP contribution in [0.4, 0.5) is 0 Å². The predicted octanol–water partition coefficient (Wildman–Crippen LogP) is 2.42. The molecule has 208 valence electrons. The number of phenolic OH excluding ortho intramolecular Hbond substituents is 1. The largest absolute Gasteiger partial charge is 0.507 e. The molecule has 5 rings (SSSR count). The molecule has 1 heterocycles. The summed E-state index contributed by atoms with van der Waals surface area (Å²) in [6, 6.07) is 4.64. The van der Waals surface area contributed by atoms with Gasteiger partial charge in [-0.2, -0.15) is 0 Å². The highest BCUT2D eigenvalue weighted by Crippen LogP contribution is 2.53. The molecule has 9 heteroatoms. The lowest BCUT2D eigenvalue weighted by Crippen LogP contribution is -2.52. The average molecular weight is 538 g/mol. The number of benzene rings is 2. The number of phenols is 1. The van der Waals surface area contributed by atoms with Crippen molar-refractivity contribution in [3.63, 3.8) is 0 Å². The minimum atomic E-state index is -1.55. The molecule has 0 radical (unpaired) electrons. The van der Waals surface area contributed by atoms with Crippen LogP contribution in [0.5, 0.6) is 11.5 Å². The molecule has 1 aliphatic heterocycles. The summed E-state index contributed by atoms with van der Waals surface area (Å²) < 4.78 is 17.6. The van der Waals surface area contributed by atoms with E-state index >= 15 is 0 Å². The van der Waals surface area contributed by atoms with Crippen LogP contribution in [0.2, 0.25) is 0 Å². The van der Waals surface area contributed by atoms with Crippen LogP contribution in [0.25, 0.3) is 5.57 Å². The van der Waals surface area contributed by atoms with E-state index in [2.05, 4.69) is 13.2 Å². The number of hydrogen-bond donors (Lipinski definition) is 5. The Bertz CT molecular complexity index is 1370. The van der Waals surface area contributed by atoms with E-state index in [9.17, 15) is 25.2 Å². The quantitative estimate of drug-likeness (QED) is 0.309. The summed E-state index contributed by atoms with van der Waals surface area (Å²) in [6.07, 6.45) is -3.07. The van der Waals surface area contributed by atoms with Gasteiger partial charge in [-0.05, 0) is 53.3 Å². The highest BCUT2D eigenvalue weighted by Gasteiger charge is 2.47. The third-order valence-corrected chi connectivity index (χ3v) is 8.45. The van der Waals surface area contributed by atoms with Gasteiger partial charge >= 0.3 is 0 Å². The van der Waals surface area contributed by atoms with Crippen molar-refractivity contribution in [2.45, 2.75) is 69.4 Å². The van der Waals surface area contributed by atoms with Gasteiger partial charge in [-0.1, -0.05) is 25.3 Å². The Labute approximate surface area is 227 Å². The van der Waals surface area contributed by atoms with Gasteiger partial charge in [0, 0.05) is 30.9 Å². The third-order valence-electron chi connectivity index (χ3n) is 8.45. The van der Waals surface area contributed by atoms with E-state index in [0.29, 0.717) is 44.7 Å². The third kappa shape index (κ3) is 4.21. The summed E-state index contributed by atoms with van der Waals surface area (Å²) in [7, 11) is 1.48. The number of carbonyl (C=O) groups excluding carboxylic acids is 1. The van der Waals surface area contributed by atoms with Crippen LogP contribution in [0.3, 0.4) is 0 Å². The lowest BCUT2D eigenvalue weighted by Gasteiger charge is -2.44. The van der Waals surface area contributed by atoms with Gasteiger partial charge in [0.1, 0.15) is 11.5 Å². The first kappa shape index (κ1) is 27.5. The van der Waals surface area contributed by atoms with Crippen molar-refractivity contribution in [3.8, 4) is 11.5 Å². The maximum atomic E-state index is 13.9. The van der Waals surface area contributed by atoms with E-state index in [4.69, 9.17) is 19.9 Å². The molecule has 0 bridgehead atoms. The SMILES string of the molecule is C=C1c2cccc(OC)c2C(=O)c2c(O)c3c(c(C)c21)C[C@@](O)(C(=C)CO)C[C@@H]3OC1C[C@H](N)[C@H](O)[C@H](C)O1. The summed E-state index contributed by atoms with van der Waals surface area (Å²) in [5, 5.41) is 43.5. The van der Waals surface area contributed by atoms with Crippen LogP contribution in [0.1, 0.15) is 69.6 Å². The van der Waals surface area contributed by atoms with Crippen molar-refractivity contribution >= 4 is 11.4 Å². The summed E-state index contributed by atoms with van der Waals surface area (Å²) in [5.74, 6) is -0.291. The van der Waals surface area contributed by atoms with Crippen LogP contribution in [0.15, 0.2) is 36.9 Å². The molecule has 1 saturated heterocycles. The van der Waals surface area contributed by atoms with Gasteiger partial charge in [0.05, 0.1) is 48.8 Å². The predicted molar refractivity (Wildman–Crippen MR) is 144 cm³/mol. The molecule has 0 aromatic heterocycles. The molecule has 6 atom stereocenters. The first-order chi connectivity index (χ1) is 18.4. The van der Waals surface area contributed by atoms with Crippen LogP contribution in [-0.2, 0) is 15.9 Å². The van der Waals surface area contributed by atoms with Crippen molar-refractivity contribution in [2.24, 2.45) is 5.73 Å². The zero-order chi connectivity index (χ0) is 28.4. The number of rotatable bonds is 5. The summed E-state index contributed by atoms with van der Waals surface area (Å²) in [6.45, 7) is 11.2. The number of hydrogen-bond acceptors (Lipinski definition) is 9. The fraction of sp³-hybridized carbons (Fsp3) is 0.433. The molecule has 9 nitrogen and oxygen atoms in total. The molecule has 2 aromatic rings. The van der Waals surface area contributed by atoms with E-state index in [0.717, 1.165) is 0 Å². The van der Waals surface area contributed by atoms with Crippen molar-refractivity contribution in [3.05, 3.63) is 75.9 Å². The Morgan fingerprint density at radius 2 is 2.00 bits per heavy atom. The Kier molecular flexibility index (Phi) is 6.95. The summed E-state index contributed by atoms with van der Waals surface area (Å²) in [5.41, 5.74) is 8.40. The second-order valence-corrected chi connectivity index (χ2v) is 10.8. The fourth-order valence-corrected chi connectivity index (χ4v) is 6.22. The number of ether oxygens (including phenoxy) is 3. The van der Waals surface area contributed by atoms with Gasteiger partial charge in [0.2, 0.25) is 5.78 Å². The van der Waals surface area contributed by atoms with Gasteiger partial charge in [-0.3, -0.25) is 4.79 Å². The molecular formula is C30H35NO8. The molecule has 3 aliphatic rings. The van der Waals surface area contributed by atoms with Crippen molar-refractivity contribution in [2.75, 3.05) is 13.7 Å². The topological polar surface area (TPSA) is 152 Å². The zero-order valence-corrected chi connectivity index (χ0v) is 22.4. The maximum Gasteiger partial charge on any atom is 0.201 e. The minimum absolute atomic E-state index is 0.0425. The van der Waals surface area contributed by atoms with Gasteiger partial charge in [-0.25, -0.2) is 0 Å². The lowest BCUT2D eigenvalue weighted by atomic mass is 9.69. The Morgan fingerprint density at radius 1 is 1.28 bits per heavy atom. The Hall–Kier alpha value is -3.05. The van der Waals surface area contributed by atoms with Gasteiger partial charge < -0.3 is 40.4 Å². The molecule has 0 saturated carbocycles. The van der Waals surface area contributed by atoms with E-state index in [1.54, 1.807) is 25.1 Å². The number of aliphatic hydroxyl groups is 3. The monoisotopic (exact) mass is 537 g/mol. The molecule has 0 amide bonds. The summed E-state index contributed by atoms with van der Waals surface area (Å²) >= 11 is 0. The van der Waals surface area contributed by atoms with Crippen LogP contribution < -0.4 is 10.5 Å². The van der Waals surface area contributed by atoms with E-state index in [-0.39, 0.29) is 36.1 Å². The molecule has 6 N–H and O–H groups in total. The first-order valence-corrected chi connectivity index (χ1v) is 13.0. The molecule has 1 unspecified atom stereocenters. The number of ketones is 1. The molecule has 0 spiro atoms. The maximum absolute atomic E-state index is 13.9. The second kappa shape index (κ2) is 9.85. The van der Waals surface area contributed by atoms with Gasteiger partial charge in [-0.15, -0.1) is 0 Å². The number of aliphatic hydroxyl groups excluding tert-OH is 2. The lowest BCUT2D eigenvalue weighted by molar-refractivity contribution is -0.246. The van der Waals surface area contributed by atoms with Crippen LogP contribution in [-0.4, -0.2) is 70.1 Å².